The molecule has 9 heteroatoms. The number of hydrogen-bond donors (Lipinski definition) is 1. The number of urea groups is 1. The molecule has 1 aliphatic heterocycles. The highest BCUT2D eigenvalue weighted by molar-refractivity contribution is 6.38. The lowest BCUT2D eigenvalue weighted by molar-refractivity contribution is 0.0500. The van der Waals surface area contributed by atoms with Gasteiger partial charge in [-0.05, 0) is 30.7 Å². The molecule has 0 aliphatic carbocycles. The van der Waals surface area contributed by atoms with E-state index in [4.69, 9.17) is 27.9 Å². The Morgan fingerprint density at radius 1 is 1.07 bits per heavy atom. The van der Waals surface area contributed by atoms with E-state index >= 15 is 0 Å². The first kappa shape index (κ1) is 22.2. The number of halogens is 2. The molecular weight excluding hydrogens is 427 g/mol. The van der Waals surface area contributed by atoms with Crippen molar-refractivity contribution in [1.82, 2.24) is 9.88 Å². The van der Waals surface area contributed by atoms with Crippen molar-refractivity contribution < 1.29 is 14.3 Å². The van der Waals surface area contributed by atoms with Crippen molar-refractivity contribution in [1.29, 1.82) is 0 Å². The summed E-state index contributed by atoms with van der Waals surface area (Å²) in [6.07, 6.45) is 4.93. The minimum Gasteiger partial charge on any atom is -0.462 e. The predicted molar refractivity (Wildman–Crippen MR) is 119 cm³/mol. The van der Waals surface area contributed by atoms with Crippen molar-refractivity contribution in [2.24, 2.45) is 0 Å². The zero-order valence-corrected chi connectivity index (χ0v) is 18.2. The van der Waals surface area contributed by atoms with E-state index in [1.165, 1.54) is 0 Å². The fourth-order valence-electron chi connectivity index (χ4n) is 3.12. The Balaban J connectivity index is 1.52. The topological polar surface area (TPSA) is 74.8 Å². The van der Waals surface area contributed by atoms with E-state index in [1.54, 1.807) is 41.6 Å². The van der Waals surface area contributed by atoms with E-state index < -0.39 is 0 Å². The van der Waals surface area contributed by atoms with Crippen LogP contribution in [0.25, 0.3) is 0 Å². The van der Waals surface area contributed by atoms with Gasteiger partial charge in [0.05, 0.1) is 27.9 Å². The fourth-order valence-corrected chi connectivity index (χ4v) is 3.73. The third-order valence-electron chi connectivity index (χ3n) is 4.81. The summed E-state index contributed by atoms with van der Waals surface area (Å²) in [7, 11) is 0. The molecule has 0 atom stereocenters. The molecule has 1 aromatic carbocycles. The van der Waals surface area contributed by atoms with Crippen LogP contribution in [0.3, 0.4) is 0 Å². The van der Waals surface area contributed by atoms with Gasteiger partial charge in [-0.25, -0.2) is 9.59 Å². The van der Waals surface area contributed by atoms with Crippen LogP contribution < -0.4 is 10.2 Å². The number of piperazine rings is 1. The summed E-state index contributed by atoms with van der Waals surface area (Å²) in [6.45, 7) is 4.73. The van der Waals surface area contributed by atoms with Crippen molar-refractivity contribution in [3.63, 3.8) is 0 Å². The second-order valence-corrected chi connectivity index (χ2v) is 7.74. The smallest absolute Gasteiger partial charge is 0.338 e. The lowest BCUT2D eigenvalue weighted by atomic mass is 10.2. The molecule has 2 heterocycles. The molecule has 30 heavy (non-hydrogen) atoms. The van der Waals surface area contributed by atoms with E-state index in [2.05, 4.69) is 15.2 Å². The fraction of sp³-hybridized carbons (Fsp3) is 0.381. The highest BCUT2D eigenvalue weighted by atomic mass is 35.5. The molecule has 1 aromatic heterocycles. The van der Waals surface area contributed by atoms with E-state index in [9.17, 15) is 9.59 Å². The van der Waals surface area contributed by atoms with Crippen molar-refractivity contribution in [2.75, 3.05) is 43.0 Å². The number of anilines is 2. The van der Waals surface area contributed by atoms with Crippen LogP contribution in [0.15, 0.2) is 36.7 Å². The van der Waals surface area contributed by atoms with E-state index in [1.807, 2.05) is 6.92 Å². The number of nitrogens with one attached hydrogen (secondary N) is 1. The number of hydrogen-bond acceptors (Lipinski definition) is 5. The maximum Gasteiger partial charge on any atom is 0.338 e. The van der Waals surface area contributed by atoms with Gasteiger partial charge in [0.2, 0.25) is 0 Å². The molecule has 0 unspecified atom stereocenters. The van der Waals surface area contributed by atoms with Crippen LogP contribution in [0, 0.1) is 0 Å². The lowest BCUT2D eigenvalue weighted by Gasteiger charge is -2.36. The molecule has 0 spiro atoms. The largest absolute Gasteiger partial charge is 0.462 e. The summed E-state index contributed by atoms with van der Waals surface area (Å²) >= 11 is 12.5. The molecule has 0 bridgehead atoms. The molecule has 0 radical (unpaired) electrons. The maximum atomic E-state index is 12.6. The molecule has 0 saturated carbocycles. The zero-order valence-electron chi connectivity index (χ0n) is 16.7. The van der Waals surface area contributed by atoms with Crippen molar-refractivity contribution in [3.8, 4) is 0 Å². The van der Waals surface area contributed by atoms with Gasteiger partial charge in [-0.2, -0.15) is 0 Å². The average Bonchev–Trinajstić information content (AvgIpc) is 2.74. The second kappa shape index (κ2) is 10.5. The van der Waals surface area contributed by atoms with Crippen LogP contribution in [-0.2, 0) is 4.74 Å². The number of benzene rings is 1. The Labute approximate surface area is 185 Å². The normalized spacial score (nSPS) is 13.8. The molecule has 1 fully saturated rings. The molecule has 1 N–H and O–H groups in total. The predicted octanol–water partition coefficient (Wildman–Crippen LogP) is 4.70. The Morgan fingerprint density at radius 3 is 2.30 bits per heavy atom. The standard InChI is InChI=1S/C21H24Cl2N4O3/c1-2-3-12-30-20(28)15-4-6-16(7-5-15)25-21(29)27-10-8-26(9-11-27)19-17(22)13-24-14-18(19)23/h4-7,13-14H,2-3,8-12H2,1H3,(H,25,29). The number of carbonyl (C=O) groups excluding carboxylic acids is 2. The van der Waals surface area contributed by atoms with Gasteiger partial charge in [-0.3, -0.25) is 4.98 Å². The summed E-state index contributed by atoms with van der Waals surface area (Å²) in [5.74, 6) is -0.356. The highest BCUT2D eigenvalue weighted by Gasteiger charge is 2.24. The van der Waals surface area contributed by atoms with Gasteiger partial charge in [-0.15, -0.1) is 0 Å². The molecule has 3 rings (SSSR count). The number of nitrogens with zero attached hydrogens (tertiary/aromatic N) is 3. The van der Waals surface area contributed by atoms with Gasteiger partial charge in [-0.1, -0.05) is 36.5 Å². The summed E-state index contributed by atoms with van der Waals surface area (Å²) in [6, 6.07) is 6.49. The highest BCUT2D eigenvalue weighted by Crippen LogP contribution is 2.33. The monoisotopic (exact) mass is 450 g/mol. The Hall–Kier alpha value is -2.51. The average molecular weight is 451 g/mol. The number of carbonyl (C=O) groups is 2. The van der Waals surface area contributed by atoms with Crippen LogP contribution in [-0.4, -0.2) is 54.7 Å². The third kappa shape index (κ3) is 5.55. The molecule has 2 aromatic rings. The number of ether oxygens (including phenoxy) is 1. The molecule has 7 nitrogen and oxygen atoms in total. The number of amides is 2. The van der Waals surface area contributed by atoms with Gasteiger partial charge in [0, 0.05) is 44.3 Å². The van der Waals surface area contributed by atoms with Gasteiger partial charge in [0.15, 0.2) is 0 Å². The second-order valence-electron chi connectivity index (χ2n) is 6.92. The van der Waals surface area contributed by atoms with E-state index in [0.717, 1.165) is 18.5 Å². The summed E-state index contributed by atoms with van der Waals surface area (Å²) in [5, 5.41) is 3.85. The third-order valence-corrected chi connectivity index (χ3v) is 5.37. The number of rotatable bonds is 6. The van der Waals surface area contributed by atoms with E-state index in [-0.39, 0.29) is 12.0 Å². The van der Waals surface area contributed by atoms with Crippen LogP contribution in [0.2, 0.25) is 10.0 Å². The minimum absolute atomic E-state index is 0.195. The number of unbranched alkanes of at least 4 members (excludes halogenated alkanes) is 1. The van der Waals surface area contributed by atoms with Gasteiger partial charge in [0.25, 0.3) is 0 Å². The van der Waals surface area contributed by atoms with Crippen LogP contribution in [0.1, 0.15) is 30.1 Å². The first-order valence-electron chi connectivity index (χ1n) is 9.86. The van der Waals surface area contributed by atoms with Crippen LogP contribution in [0.5, 0.6) is 0 Å². The first-order valence-corrected chi connectivity index (χ1v) is 10.6. The van der Waals surface area contributed by atoms with Crippen molar-refractivity contribution in [3.05, 3.63) is 52.3 Å². The minimum atomic E-state index is -0.356. The molecule has 1 saturated heterocycles. The Bertz CT molecular complexity index is 864. The Kier molecular flexibility index (Phi) is 7.76. The number of aromatic nitrogens is 1. The Morgan fingerprint density at radius 2 is 1.70 bits per heavy atom. The van der Waals surface area contributed by atoms with Crippen molar-refractivity contribution in [2.45, 2.75) is 19.8 Å². The summed E-state index contributed by atoms with van der Waals surface area (Å²) < 4.78 is 5.19. The molecule has 160 valence electrons. The molecule has 2 amide bonds. The van der Waals surface area contributed by atoms with Gasteiger partial charge >= 0.3 is 12.0 Å². The zero-order chi connectivity index (χ0) is 21.5. The van der Waals surface area contributed by atoms with E-state index in [0.29, 0.717) is 54.1 Å². The quantitative estimate of drug-likeness (QED) is 0.509. The van der Waals surface area contributed by atoms with Crippen molar-refractivity contribution >= 4 is 46.6 Å². The molecule has 1 aliphatic rings. The van der Waals surface area contributed by atoms with Crippen LogP contribution in [0.4, 0.5) is 16.2 Å². The van der Waals surface area contributed by atoms with Gasteiger partial charge in [0.1, 0.15) is 0 Å². The number of esters is 1. The maximum absolute atomic E-state index is 12.6. The summed E-state index contributed by atoms with van der Waals surface area (Å²) in [5.41, 5.74) is 1.83. The lowest BCUT2D eigenvalue weighted by Crippen LogP contribution is -2.50. The summed E-state index contributed by atoms with van der Waals surface area (Å²) in [4.78, 5) is 32.3. The SMILES string of the molecule is CCCCOC(=O)c1ccc(NC(=O)N2CCN(c3c(Cl)cncc3Cl)CC2)cc1. The van der Waals surface area contributed by atoms with Crippen LogP contribution >= 0.6 is 23.2 Å². The van der Waals surface area contributed by atoms with Gasteiger partial charge < -0.3 is 19.9 Å². The first-order chi connectivity index (χ1) is 14.5. The molecular formula is C21H24Cl2N4O3. The number of pyridine rings is 1.